The van der Waals surface area contributed by atoms with Crippen LogP contribution in [0.15, 0.2) is 60.7 Å². The van der Waals surface area contributed by atoms with Crippen molar-refractivity contribution in [3.63, 3.8) is 0 Å². The minimum absolute atomic E-state index is 0.165. The maximum atomic E-state index is 13.5. The Morgan fingerprint density at radius 1 is 1.06 bits per heavy atom. The highest BCUT2D eigenvalue weighted by atomic mass is 32.1. The molecule has 0 radical (unpaired) electrons. The van der Waals surface area contributed by atoms with Gasteiger partial charge in [-0.15, -0.1) is 11.3 Å². The summed E-state index contributed by atoms with van der Waals surface area (Å²) in [5.41, 5.74) is 3.79. The van der Waals surface area contributed by atoms with Gasteiger partial charge in [-0.3, -0.25) is 19.8 Å². The number of thiazole rings is 1. The molecular formula is C29H32N4O2S. The van der Waals surface area contributed by atoms with Gasteiger partial charge in [0, 0.05) is 43.2 Å². The second-order valence-electron chi connectivity index (χ2n) is 9.53. The summed E-state index contributed by atoms with van der Waals surface area (Å²) in [6.07, 6.45) is 7.06. The number of benzene rings is 2. The van der Waals surface area contributed by atoms with Crippen molar-refractivity contribution in [3.05, 3.63) is 87.9 Å². The predicted molar refractivity (Wildman–Crippen MR) is 145 cm³/mol. The number of amides is 2. The van der Waals surface area contributed by atoms with E-state index in [2.05, 4.69) is 34.5 Å². The highest BCUT2D eigenvalue weighted by molar-refractivity contribution is 7.16. The molecular weight excluding hydrogens is 468 g/mol. The number of carbonyl (C=O) groups is 2. The van der Waals surface area contributed by atoms with Crippen LogP contribution in [-0.2, 0) is 11.2 Å². The fourth-order valence-corrected chi connectivity index (χ4v) is 5.92. The third kappa shape index (κ3) is 5.74. The lowest BCUT2D eigenvalue weighted by atomic mass is 9.89. The van der Waals surface area contributed by atoms with E-state index in [0.717, 1.165) is 68.1 Å². The average Bonchev–Trinajstić information content (AvgIpc) is 3.32. The molecule has 0 saturated carbocycles. The molecule has 1 atom stereocenters. The van der Waals surface area contributed by atoms with E-state index in [0.29, 0.717) is 10.7 Å². The topological polar surface area (TPSA) is 65.5 Å². The van der Waals surface area contributed by atoms with E-state index in [1.165, 1.54) is 16.9 Å². The number of carbonyl (C=O) groups excluding carboxylic acids is 2. The third-order valence-electron chi connectivity index (χ3n) is 6.94. The number of fused-ring (bicyclic) bond motifs is 1. The zero-order chi connectivity index (χ0) is 24.9. The van der Waals surface area contributed by atoms with Gasteiger partial charge < -0.3 is 4.90 Å². The van der Waals surface area contributed by atoms with E-state index in [1.807, 2.05) is 54.3 Å². The van der Waals surface area contributed by atoms with Gasteiger partial charge in [0.1, 0.15) is 0 Å². The molecule has 1 fully saturated rings. The summed E-state index contributed by atoms with van der Waals surface area (Å²) in [5, 5.41) is 3.53. The summed E-state index contributed by atoms with van der Waals surface area (Å²) in [6, 6.07) is 17.8. The Hall–Kier alpha value is -3.29. The van der Waals surface area contributed by atoms with Crippen molar-refractivity contribution in [1.29, 1.82) is 0 Å². The Labute approximate surface area is 216 Å². The first-order chi connectivity index (χ1) is 17.6. The van der Waals surface area contributed by atoms with E-state index in [-0.39, 0.29) is 17.7 Å². The van der Waals surface area contributed by atoms with Crippen LogP contribution in [0.2, 0.25) is 0 Å². The Balaban J connectivity index is 1.17. The fourth-order valence-electron chi connectivity index (χ4n) is 4.86. The van der Waals surface area contributed by atoms with Crippen LogP contribution in [0.25, 0.3) is 6.08 Å². The molecule has 6 nitrogen and oxygen atoms in total. The van der Waals surface area contributed by atoms with Crippen molar-refractivity contribution < 1.29 is 9.59 Å². The van der Waals surface area contributed by atoms with Crippen LogP contribution in [0.4, 0.5) is 5.13 Å². The Morgan fingerprint density at radius 3 is 2.56 bits per heavy atom. The standard InChI is InChI=1S/C29H32N4O2S/c1-21-12-14-23(15-13-21)27(34)31-29-30-26-24(10-5-11-25(26)36-29)28(35)33-19-17-32(18-20-33)16-6-9-22-7-3-2-4-8-22/h2-4,6-9,12-15,24H,5,10-11,16-20H2,1H3,(H,30,31,34)/b9-6+. The van der Waals surface area contributed by atoms with Gasteiger partial charge in [0.25, 0.3) is 5.91 Å². The molecule has 3 aromatic rings. The quantitative estimate of drug-likeness (QED) is 0.518. The Bertz CT molecular complexity index is 1230. The van der Waals surface area contributed by atoms with Crippen LogP contribution in [0.1, 0.15) is 50.8 Å². The van der Waals surface area contributed by atoms with Crippen LogP contribution in [0, 0.1) is 6.92 Å². The van der Waals surface area contributed by atoms with Gasteiger partial charge >= 0.3 is 0 Å². The van der Waals surface area contributed by atoms with Crippen molar-refractivity contribution in [2.75, 3.05) is 38.0 Å². The van der Waals surface area contributed by atoms with Crippen LogP contribution < -0.4 is 5.32 Å². The van der Waals surface area contributed by atoms with Crippen molar-refractivity contribution in [2.24, 2.45) is 0 Å². The predicted octanol–water partition coefficient (Wildman–Crippen LogP) is 4.98. The van der Waals surface area contributed by atoms with Gasteiger partial charge in [-0.2, -0.15) is 0 Å². The largest absolute Gasteiger partial charge is 0.340 e. The molecule has 1 N–H and O–H groups in total. The second-order valence-corrected chi connectivity index (χ2v) is 10.6. The van der Waals surface area contributed by atoms with Crippen molar-refractivity contribution in [3.8, 4) is 0 Å². The molecule has 0 bridgehead atoms. The highest BCUT2D eigenvalue weighted by Crippen LogP contribution is 2.38. The average molecular weight is 501 g/mol. The van der Waals surface area contributed by atoms with E-state index in [4.69, 9.17) is 4.98 Å². The summed E-state index contributed by atoms with van der Waals surface area (Å²) in [6.45, 7) is 6.12. The summed E-state index contributed by atoms with van der Waals surface area (Å²) in [5.74, 6) is -0.196. The first kappa shape index (κ1) is 24.4. The van der Waals surface area contributed by atoms with Crippen LogP contribution in [0.3, 0.4) is 0 Å². The minimum atomic E-state index is -0.209. The summed E-state index contributed by atoms with van der Waals surface area (Å²) in [7, 11) is 0. The molecule has 36 heavy (non-hydrogen) atoms. The molecule has 1 aliphatic carbocycles. The molecule has 1 aliphatic heterocycles. The number of aryl methyl sites for hydroxylation is 2. The summed E-state index contributed by atoms with van der Waals surface area (Å²) < 4.78 is 0. The SMILES string of the molecule is Cc1ccc(C(=O)Nc2nc3c(s2)CCCC3C(=O)N2CCN(C/C=C/c3ccccc3)CC2)cc1. The number of hydrogen-bond donors (Lipinski definition) is 1. The fraction of sp³-hybridized carbons (Fsp3) is 0.345. The normalized spacial score (nSPS) is 18.2. The van der Waals surface area contributed by atoms with Crippen molar-refractivity contribution >= 4 is 34.4 Å². The van der Waals surface area contributed by atoms with Gasteiger partial charge in [0.05, 0.1) is 11.6 Å². The van der Waals surface area contributed by atoms with Crippen LogP contribution in [0.5, 0.6) is 0 Å². The van der Waals surface area contributed by atoms with Crippen molar-refractivity contribution in [1.82, 2.24) is 14.8 Å². The Morgan fingerprint density at radius 2 is 1.81 bits per heavy atom. The van der Waals surface area contributed by atoms with Gasteiger partial charge in [0.2, 0.25) is 5.91 Å². The van der Waals surface area contributed by atoms with E-state index >= 15 is 0 Å². The molecule has 1 unspecified atom stereocenters. The second kappa shape index (κ2) is 11.2. The molecule has 186 valence electrons. The van der Waals surface area contributed by atoms with E-state index in [9.17, 15) is 9.59 Å². The molecule has 7 heteroatoms. The number of hydrogen-bond acceptors (Lipinski definition) is 5. The number of nitrogens with one attached hydrogen (secondary N) is 1. The molecule has 1 aromatic heterocycles. The molecule has 2 aliphatic rings. The van der Waals surface area contributed by atoms with Crippen LogP contribution >= 0.6 is 11.3 Å². The lowest BCUT2D eigenvalue weighted by molar-refractivity contribution is -0.134. The van der Waals surface area contributed by atoms with Crippen molar-refractivity contribution in [2.45, 2.75) is 32.1 Å². The zero-order valence-electron chi connectivity index (χ0n) is 20.7. The first-order valence-corrected chi connectivity index (χ1v) is 13.5. The molecule has 1 saturated heterocycles. The lowest BCUT2D eigenvalue weighted by Crippen LogP contribution is -2.50. The highest BCUT2D eigenvalue weighted by Gasteiger charge is 2.34. The zero-order valence-corrected chi connectivity index (χ0v) is 21.5. The van der Waals surface area contributed by atoms with Gasteiger partial charge in [-0.25, -0.2) is 4.98 Å². The molecule has 2 aromatic carbocycles. The van der Waals surface area contributed by atoms with Crippen LogP contribution in [-0.4, -0.2) is 59.3 Å². The molecule has 5 rings (SSSR count). The third-order valence-corrected chi connectivity index (χ3v) is 7.99. The first-order valence-electron chi connectivity index (χ1n) is 12.7. The maximum absolute atomic E-state index is 13.5. The van der Waals surface area contributed by atoms with Gasteiger partial charge in [-0.1, -0.05) is 60.2 Å². The lowest BCUT2D eigenvalue weighted by Gasteiger charge is -2.36. The molecule has 0 spiro atoms. The van der Waals surface area contributed by atoms with Gasteiger partial charge in [0.15, 0.2) is 5.13 Å². The summed E-state index contributed by atoms with van der Waals surface area (Å²) >= 11 is 1.51. The summed E-state index contributed by atoms with van der Waals surface area (Å²) in [4.78, 5) is 36.4. The number of anilines is 1. The van der Waals surface area contributed by atoms with E-state index in [1.54, 1.807) is 0 Å². The smallest absolute Gasteiger partial charge is 0.257 e. The van der Waals surface area contributed by atoms with E-state index < -0.39 is 0 Å². The maximum Gasteiger partial charge on any atom is 0.257 e. The minimum Gasteiger partial charge on any atom is -0.340 e. The number of nitrogens with zero attached hydrogens (tertiary/aromatic N) is 3. The molecule has 2 amide bonds. The number of aromatic nitrogens is 1. The Kier molecular flexibility index (Phi) is 7.58. The molecule has 2 heterocycles. The number of piperazine rings is 1. The number of rotatable bonds is 6. The monoisotopic (exact) mass is 500 g/mol. The van der Waals surface area contributed by atoms with Gasteiger partial charge in [-0.05, 0) is 43.9 Å².